The Kier molecular flexibility index (Phi) is 7.80. The van der Waals surface area contributed by atoms with Gasteiger partial charge in [-0.05, 0) is 52.7 Å². The Labute approximate surface area is 142 Å². The van der Waals surface area contributed by atoms with Crippen LogP contribution in [0, 0.1) is 0 Å². The summed E-state index contributed by atoms with van der Waals surface area (Å²) in [4.78, 5) is 19.9. The van der Waals surface area contributed by atoms with Gasteiger partial charge in [0.2, 0.25) is 5.91 Å². The summed E-state index contributed by atoms with van der Waals surface area (Å²) in [6, 6.07) is 0.553. The van der Waals surface area contributed by atoms with Gasteiger partial charge in [0.25, 0.3) is 0 Å². The van der Waals surface area contributed by atoms with Crippen LogP contribution >= 0.6 is 0 Å². The molecule has 1 unspecified atom stereocenters. The van der Waals surface area contributed by atoms with E-state index in [9.17, 15) is 4.79 Å². The van der Waals surface area contributed by atoms with Gasteiger partial charge in [-0.2, -0.15) is 0 Å². The van der Waals surface area contributed by atoms with Gasteiger partial charge in [-0.1, -0.05) is 13.3 Å². The highest BCUT2D eigenvalue weighted by Crippen LogP contribution is 2.19. The standard InChI is InChI=1S/C18H36N4O/c1-4-20-12-14-21(15-13-20)10-7-9-19-18(23)17-8-5-6-11-22(17)16(2)3/h16-17H,4-15H2,1-3H3,(H,19,23). The lowest BCUT2D eigenvalue weighted by Crippen LogP contribution is -2.52. The predicted molar refractivity (Wildman–Crippen MR) is 95.7 cm³/mol. The first-order valence-electron chi connectivity index (χ1n) is 9.60. The van der Waals surface area contributed by atoms with Gasteiger partial charge >= 0.3 is 0 Å². The number of piperidine rings is 1. The van der Waals surface area contributed by atoms with E-state index in [4.69, 9.17) is 0 Å². The van der Waals surface area contributed by atoms with Gasteiger partial charge in [-0.3, -0.25) is 9.69 Å². The lowest BCUT2D eigenvalue weighted by molar-refractivity contribution is -0.128. The molecule has 0 bridgehead atoms. The zero-order chi connectivity index (χ0) is 16.7. The van der Waals surface area contributed by atoms with Gasteiger partial charge in [0, 0.05) is 38.8 Å². The second-order valence-electron chi connectivity index (χ2n) is 7.26. The van der Waals surface area contributed by atoms with Crippen molar-refractivity contribution in [3.05, 3.63) is 0 Å². The van der Waals surface area contributed by atoms with Crippen LogP contribution in [0.25, 0.3) is 0 Å². The number of hydrogen-bond donors (Lipinski definition) is 1. The highest BCUT2D eigenvalue weighted by Gasteiger charge is 2.29. The highest BCUT2D eigenvalue weighted by atomic mass is 16.2. The number of carbonyl (C=O) groups is 1. The largest absolute Gasteiger partial charge is 0.355 e. The van der Waals surface area contributed by atoms with Gasteiger partial charge in [0.05, 0.1) is 6.04 Å². The van der Waals surface area contributed by atoms with E-state index in [1.165, 1.54) is 39.0 Å². The predicted octanol–water partition coefficient (Wildman–Crippen LogP) is 1.39. The maximum absolute atomic E-state index is 12.5. The molecule has 2 heterocycles. The lowest BCUT2D eigenvalue weighted by atomic mass is 9.99. The maximum Gasteiger partial charge on any atom is 0.237 e. The molecule has 0 aromatic rings. The molecule has 5 nitrogen and oxygen atoms in total. The molecule has 2 aliphatic heterocycles. The molecule has 0 saturated carbocycles. The van der Waals surface area contributed by atoms with Crippen molar-refractivity contribution < 1.29 is 4.79 Å². The second kappa shape index (κ2) is 9.60. The van der Waals surface area contributed by atoms with Gasteiger partial charge in [-0.15, -0.1) is 0 Å². The number of hydrogen-bond acceptors (Lipinski definition) is 4. The molecule has 0 aromatic carbocycles. The number of carbonyl (C=O) groups excluding carboxylic acids is 1. The number of nitrogens with one attached hydrogen (secondary N) is 1. The SMILES string of the molecule is CCN1CCN(CCCNC(=O)C2CCCCN2C(C)C)CC1. The molecule has 2 aliphatic rings. The number of rotatable bonds is 7. The number of nitrogens with zero attached hydrogens (tertiary/aromatic N) is 3. The fourth-order valence-electron chi connectivity index (χ4n) is 3.81. The smallest absolute Gasteiger partial charge is 0.237 e. The Morgan fingerprint density at radius 3 is 2.43 bits per heavy atom. The summed E-state index contributed by atoms with van der Waals surface area (Å²) in [6.07, 6.45) is 4.49. The summed E-state index contributed by atoms with van der Waals surface area (Å²) in [5.41, 5.74) is 0. The summed E-state index contributed by atoms with van der Waals surface area (Å²) in [5, 5.41) is 3.18. The van der Waals surface area contributed by atoms with Crippen LogP contribution in [0.5, 0.6) is 0 Å². The van der Waals surface area contributed by atoms with Gasteiger partial charge < -0.3 is 15.1 Å². The number of likely N-dealkylation sites (tertiary alicyclic amines) is 1. The number of amides is 1. The van der Waals surface area contributed by atoms with Gasteiger partial charge in [-0.25, -0.2) is 0 Å². The summed E-state index contributed by atoms with van der Waals surface area (Å²) in [6.45, 7) is 15.5. The monoisotopic (exact) mass is 324 g/mol. The lowest BCUT2D eigenvalue weighted by Gasteiger charge is -2.37. The van der Waals surface area contributed by atoms with Crippen molar-refractivity contribution in [3.63, 3.8) is 0 Å². The topological polar surface area (TPSA) is 38.8 Å². The van der Waals surface area contributed by atoms with Crippen LogP contribution in [-0.4, -0.2) is 85.0 Å². The minimum Gasteiger partial charge on any atom is -0.355 e. The second-order valence-corrected chi connectivity index (χ2v) is 7.26. The third kappa shape index (κ3) is 5.73. The van der Waals surface area contributed by atoms with E-state index in [1.807, 2.05) is 0 Å². The van der Waals surface area contributed by atoms with Crippen LogP contribution in [0.1, 0.15) is 46.5 Å². The zero-order valence-corrected chi connectivity index (χ0v) is 15.4. The molecule has 0 spiro atoms. The van der Waals surface area contributed by atoms with E-state index < -0.39 is 0 Å². The Morgan fingerprint density at radius 2 is 1.78 bits per heavy atom. The molecule has 0 radical (unpaired) electrons. The first kappa shape index (κ1) is 18.7. The van der Waals surface area contributed by atoms with Crippen molar-refractivity contribution in [1.82, 2.24) is 20.0 Å². The summed E-state index contributed by atoms with van der Waals surface area (Å²) < 4.78 is 0. The molecule has 0 aromatic heterocycles. The minimum atomic E-state index is 0.0943. The normalized spacial score (nSPS) is 25.0. The average molecular weight is 325 g/mol. The first-order chi connectivity index (χ1) is 11.1. The van der Waals surface area contributed by atoms with E-state index in [0.717, 1.165) is 39.0 Å². The summed E-state index contributed by atoms with van der Waals surface area (Å²) in [7, 11) is 0. The van der Waals surface area contributed by atoms with E-state index in [2.05, 4.69) is 40.8 Å². The molecule has 5 heteroatoms. The van der Waals surface area contributed by atoms with Crippen molar-refractivity contribution in [2.45, 2.75) is 58.5 Å². The molecule has 2 rings (SSSR count). The van der Waals surface area contributed by atoms with Crippen LogP contribution in [0.4, 0.5) is 0 Å². The molecule has 0 aliphatic carbocycles. The van der Waals surface area contributed by atoms with Crippen LogP contribution in [0.15, 0.2) is 0 Å². The molecule has 23 heavy (non-hydrogen) atoms. The van der Waals surface area contributed by atoms with E-state index >= 15 is 0 Å². The van der Waals surface area contributed by atoms with Crippen LogP contribution in [0.2, 0.25) is 0 Å². The van der Waals surface area contributed by atoms with Crippen molar-refractivity contribution in [3.8, 4) is 0 Å². The Bertz CT molecular complexity index is 353. The molecule has 2 saturated heterocycles. The Morgan fingerprint density at radius 1 is 1.09 bits per heavy atom. The minimum absolute atomic E-state index is 0.0943. The van der Waals surface area contributed by atoms with Crippen LogP contribution < -0.4 is 5.32 Å². The highest BCUT2D eigenvalue weighted by molar-refractivity contribution is 5.81. The van der Waals surface area contributed by atoms with E-state index in [0.29, 0.717) is 6.04 Å². The van der Waals surface area contributed by atoms with E-state index in [-0.39, 0.29) is 11.9 Å². The van der Waals surface area contributed by atoms with Crippen molar-refractivity contribution in [2.24, 2.45) is 0 Å². The van der Waals surface area contributed by atoms with E-state index in [1.54, 1.807) is 0 Å². The molecular formula is C18H36N4O. The van der Waals surface area contributed by atoms with Crippen LogP contribution in [-0.2, 0) is 4.79 Å². The van der Waals surface area contributed by atoms with Crippen molar-refractivity contribution in [1.29, 1.82) is 0 Å². The van der Waals surface area contributed by atoms with Crippen LogP contribution in [0.3, 0.4) is 0 Å². The van der Waals surface area contributed by atoms with Gasteiger partial charge in [0.1, 0.15) is 0 Å². The number of likely N-dealkylation sites (N-methyl/N-ethyl adjacent to an activating group) is 1. The first-order valence-corrected chi connectivity index (χ1v) is 9.60. The Hall–Kier alpha value is -0.650. The molecular weight excluding hydrogens is 288 g/mol. The maximum atomic E-state index is 12.5. The van der Waals surface area contributed by atoms with Gasteiger partial charge in [0.15, 0.2) is 0 Å². The average Bonchev–Trinajstić information content (AvgIpc) is 2.59. The zero-order valence-electron chi connectivity index (χ0n) is 15.4. The van der Waals surface area contributed by atoms with Crippen molar-refractivity contribution in [2.75, 3.05) is 52.4 Å². The fourth-order valence-corrected chi connectivity index (χ4v) is 3.81. The molecule has 134 valence electrons. The number of piperazine rings is 1. The summed E-state index contributed by atoms with van der Waals surface area (Å²) in [5.74, 6) is 0.245. The quantitative estimate of drug-likeness (QED) is 0.719. The third-order valence-electron chi connectivity index (χ3n) is 5.37. The molecule has 1 amide bonds. The third-order valence-corrected chi connectivity index (χ3v) is 5.37. The molecule has 1 atom stereocenters. The Balaban J connectivity index is 1.63. The van der Waals surface area contributed by atoms with Crippen molar-refractivity contribution >= 4 is 5.91 Å². The molecule has 1 N–H and O–H groups in total. The molecule has 2 fully saturated rings. The summed E-state index contributed by atoms with van der Waals surface area (Å²) >= 11 is 0. The fraction of sp³-hybridized carbons (Fsp3) is 0.944.